The van der Waals surface area contributed by atoms with Crippen LogP contribution in [0, 0.1) is 12.3 Å². The molecule has 1 aliphatic rings. The molecule has 112 valence electrons. The van der Waals surface area contributed by atoms with Crippen molar-refractivity contribution in [3.8, 4) is 0 Å². The molecule has 1 aromatic heterocycles. The number of anilines is 1. The van der Waals surface area contributed by atoms with Gasteiger partial charge in [0.25, 0.3) is 0 Å². The quantitative estimate of drug-likeness (QED) is 0.911. The second-order valence-corrected chi connectivity index (χ2v) is 5.81. The second kappa shape index (κ2) is 5.48. The van der Waals surface area contributed by atoms with Gasteiger partial charge in [0.15, 0.2) is 11.3 Å². The van der Waals surface area contributed by atoms with Gasteiger partial charge in [0.05, 0.1) is 11.0 Å². The summed E-state index contributed by atoms with van der Waals surface area (Å²) in [5, 5.41) is 8.53. The third-order valence-electron chi connectivity index (χ3n) is 4.25. The molecule has 1 fully saturated rings. The van der Waals surface area contributed by atoms with Crippen molar-refractivity contribution in [1.82, 2.24) is 14.5 Å². The highest BCUT2D eigenvalue weighted by Crippen LogP contribution is 2.17. The molecule has 5 nitrogen and oxygen atoms in total. The highest BCUT2D eigenvalue weighted by atomic mass is 15.3. The Labute approximate surface area is 125 Å². The summed E-state index contributed by atoms with van der Waals surface area (Å²) in [7, 11) is 2.14. The van der Waals surface area contributed by atoms with Gasteiger partial charge in [-0.05, 0) is 38.6 Å². The topological polar surface area (TPSA) is 48.2 Å². The molecule has 1 saturated heterocycles. The number of benzene rings is 1. The Balaban J connectivity index is 2.13. The third kappa shape index (κ3) is 2.53. The molecule has 0 bridgehead atoms. The lowest BCUT2D eigenvalue weighted by molar-refractivity contribution is 0.311. The first kappa shape index (κ1) is 14.1. The lowest BCUT2D eigenvalue weighted by Crippen LogP contribution is -2.47. The maximum atomic E-state index is 8.53. The standard InChI is InChI=1S/C16H23N5/c1-4-21-14-11-12(2)5-6-13(14)18-16(15(21)17)20-9-7-19(3)8-10-20/h5-6,11,17H,4,7-10H2,1-3H3. The normalized spacial score (nSPS) is 16.6. The van der Waals surface area contributed by atoms with E-state index in [1.165, 1.54) is 5.56 Å². The number of fused-ring (bicyclic) bond motifs is 1. The molecule has 5 heteroatoms. The van der Waals surface area contributed by atoms with Crippen molar-refractivity contribution in [2.45, 2.75) is 20.4 Å². The zero-order valence-electron chi connectivity index (χ0n) is 13.1. The zero-order chi connectivity index (χ0) is 15.0. The number of aryl methyl sites for hydroxylation is 2. The van der Waals surface area contributed by atoms with Gasteiger partial charge < -0.3 is 14.4 Å². The molecule has 21 heavy (non-hydrogen) atoms. The fraction of sp³-hybridized carbons (Fsp3) is 0.500. The van der Waals surface area contributed by atoms with Crippen LogP contribution in [0.1, 0.15) is 12.5 Å². The maximum Gasteiger partial charge on any atom is 0.172 e. The molecule has 0 atom stereocenters. The van der Waals surface area contributed by atoms with Crippen molar-refractivity contribution in [2.75, 3.05) is 38.1 Å². The molecule has 3 rings (SSSR count). The van der Waals surface area contributed by atoms with E-state index in [9.17, 15) is 0 Å². The number of nitrogens with one attached hydrogen (secondary N) is 1. The number of rotatable bonds is 2. The Bertz CT molecular complexity index is 710. The smallest absolute Gasteiger partial charge is 0.172 e. The Kier molecular flexibility index (Phi) is 3.68. The summed E-state index contributed by atoms with van der Waals surface area (Å²) in [5.41, 5.74) is 3.77. The van der Waals surface area contributed by atoms with Gasteiger partial charge in [-0.2, -0.15) is 0 Å². The Morgan fingerprint density at radius 3 is 2.57 bits per heavy atom. The van der Waals surface area contributed by atoms with Gasteiger partial charge in [0.1, 0.15) is 0 Å². The van der Waals surface area contributed by atoms with Gasteiger partial charge >= 0.3 is 0 Å². The van der Waals surface area contributed by atoms with Crippen LogP contribution >= 0.6 is 0 Å². The number of likely N-dealkylation sites (N-methyl/N-ethyl adjacent to an activating group) is 1. The summed E-state index contributed by atoms with van der Waals surface area (Å²) >= 11 is 0. The third-order valence-corrected chi connectivity index (χ3v) is 4.25. The second-order valence-electron chi connectivity index (χ2n) is 5.81. The van der Waals surface area contributed by atoms with Crippen LogP contribution in [-0.2, 0) is 6.54 Å². The molecule has 0 radical (unpaired) electrons. The summed E-state index contributed by atoms with van der Waals surface area (Å²) in [5.74, 6) is 0.821. The van der Waals surface area contributed by atoms with Crippen LogP contribution in [0.3, 0.4) is 0 Å². The van der Waals surface area contributed by atoms with Crippen molar-refractivity contribution in [2.24, 2.45) is 0 Å². The van der Waals surface area contributed by atoms with E-state index in [4.69, 9.17) is 10.4 Å². The average molecular weight is 285 g/mol. The molecule has 0 amide bonds. The summed E-state index contributed by atoms with van der Waals surface area (Å²) in [6, 6.07) is 6.28. The fourth-order valence-corrected chi connectivity index (χ4v) is 2.92. The van der Waals surface area contributed by atoms with E-state index < -0.39 is 0 Å². The van der Waals surface area contributed by atoms with E-state index >= 15 is 0 Å². The van der Waals surface area contributed by atoms with Gasteiger partial charge in [-0.1, -0.05) is 6.07 Å². The van der Waals surface area contributed by atoms with Crippen molar-refractivity contribution in [3.05, 3.63) is 29.3 Å². The predicted octanol–water partition coefficient (Wildman–Crippen LogP) is 1.60. The molecule has 1 aromatic carbocycles. The van der Waals surface area contributed by atoms with Crippen LogP contribution in [-0.4, -0.2) is 47.7 Å². The first-order valence-electron chi connectivity index (χ1n) is 7.59. The van der Waals surface area contributed by atoms with Crippen LogP contribution in [0.5, 0.6) is 0 Å². The van der Waals surface area contributed by atoms with Crippen LogP contribution < -0.4 is 10.4 Å². The van der Waals surface area contributed by atoms with E-state index in [2.05, 4.69) is 53.5 Å². The van der Waals surface area contributed by atoms with E-state index in [1.807, 2.05) is 0 Å². The van der Waals surface area contributed by atoms with Gasteiger partial charge in [0, 0.05) is 32.7 Å². The minimum absolute atomic E-state index is 0.528. The van der Waals surface area contributed by atoms with Crippen LogP contribution in [0.4, 0.5) is 5.82 Å². The van der Waals surface area contributed by atoms with Crippen LogP contribution in [0.25, 0.3) is 11.0 Å². The van der Waals surface area contributed by atoms with Gasteiger partial charge in [0.2, 0.25) is 0 Å². The number of hydrogen-bond donors (Lipinski definition) is 1. The molecule has 0 aliphatic carbocycles. The van der Waals surface area contributed by atoms with Gasteiger partial charge in [-0.15, -0.1) is 0 Å². The SMILES string of the molecule is CCn1c(=N)c(N2CCN(C)CC2)nc2ccc(C)cc21. The summed E-state index contributed by atoms with van der Waals surface area (Å²) in [4.78, 5) is 9.33. The van der Waals surface area contributed by atoms with E-state index in [0.29, 0.717) is 5.49 Å². The minimum atomic E-state index is 0.528. The molecular weight excluding hydrogens is 262 g/mol. The first-order valence-corrected chi connectivity index (χ1v) is 7.59. The van der Waals surface area contributed by atoms with Gasteiger partial charge in [-0.3, -0.25) is 5.41 Å². The summed E-state index contributed by atoms with van der Waals surface area (Å²) in [6.45, 7) is 8.90. The molecule has 0 unspecified atom stereocenters. The Morgan fingerprint density at radius 2 is 1.90 bits per heavy atom. The minimum Gasteiger partial charge on any atom is -0.351 e. The van der Waals surface area contributed by atoms with Crippen molar-refractivity contribution >= 4 is 16.9 Å². The largest absolute Gasteiger partial charge is 0.351 e. The maximum absolute atomic E-state index is 8.53. The molecule has 0 spiro atoms. The summed E-state index contributed by atoms with van der Waals surface area (Å²) in [6.07, 6.45) is 0. The average Bonchev–Trinajstić information content (AvgIpc) is 2.48. The zero-order valence-corrected chi connectivity index (χ0v) is 13.1. The van der Waals surface area contributed by atoms with Gasteiger partial charge in [-0.25, -0.2) is 4.98 Å². The Hall–Kier alpha value is -1.88. The molecule has 1 aliphatic heterocycles. The van der Waals surface area contributed by atoms with Crippen molar-refractivity contribution < 1.29 is 0 Å². The number of piperazine rings is 1. The van der Waals surface area contributed by atoms with Crippen molar-refractivity contribution in [3.63, 3.8) is 0 Å². The van der Waals surface area contributed by atoms with Crippen LogP contribution in [0.15, 0.2) is 18.2 Å². The molecule has 2 heterocycles. The number of aromatic nitrogens is 2. The molecule has 2 aromatic rings. The molecule has 0 saturated carbocycles. The van der Waals surface area contributed by atoms with E-state index in [0.717, 1.165) is 49.6 Å². The highest BCUT2D eigenvalue weighted by molar-refractivity contribution is 5.77. The monoisotopic (exact) mass is 285 g/mol. The van der Waals surface area contributed by atoms with E-state index in [1.54, 1.807) is 0 Å². The lowest BCUT2D eigenvalue weighted by atomic mass is 10.2. The highest BCUT2D eigenvalue weighted by Gasteiger charge is 2.18. The predicted molar refractivity (Wildman–Crippen MR) is 85.7 cm³/mol. The molecular formula is C16H23N5. The fourth-order valence-electron chi connectivity index (χ4n) is 2.92. The number of nitrogens with zero attached hydrogens (tertiary/aromatic N) is 4. The number of hydrogen-bond acceptors (Lipinski definition) is 4. The molecule has 1 N–H and O–H groups in total. The summed E-state index contributed by atoms with van der Waals surface area (Å²) < 4.78 is 2.06. The van der Waals surface area contributed by atoms with Crippen LogP contribution in [0.2, 0.25) is 0 Å². The van der Waals surface area contributed by atoms with E-state index in [-0.39, 0.29) is 0 Å². The lowest BCUT2D eigenvalue weighted by Gasteiger charge is -2.33. The Morgan fingerprint density at radius 1 is 1.19 bits per heavy atom. The van der Waals surface area contributed by atoms with Crippen molar-refractivity contribution in [1.29, 1.82) is 5.41 Å². The first-order chi connectivity index (χ1) is 10.1.